The Kier molecular flexibility index (Phi) is 22.2. The predicted molar refractivity (Wildman–Crippen MR) is 188 cm³/mol. The van der Waals surface area contributed by atoms with Crippen molar-refractivity contribution in [2.75, 3.05) is 19.8 Å². The highest BCUT2D eigenvalue weighted by Gasteiger charge is 2.44. The molecule has 1 heterocycles. The molecule has 0 N–H and O–H groups in total. The molecule has 1 atom stereocenters. The topological polar surface area (TPSA) is 48.0 Å². The third kappa shape index (κ3) is 19.8. The largest absolute Gasteiger partial charge is 0.378 e. The molecule has 0 amide bonds. The molecular formula is C39H77NO4. The molecule has 0 radical (unpaired) electrons. The quantitative estimate of drug-likeness (QED) is 0.0811. The van der Waals surface area contributed by atoms with E-state index in [2.05, 4.69) is 55.4 Å². The van der Waals surface area contributed by atoms with Gasteiger partial charge < -0.3 is 14.3 Å². The molecule has 1 rings (SSSR count). The average Bonchev–Trinajstić information content (AvgIpc) is 2.95. The standard InChI is InChI=1S/C39H77NO4/c1-9-11-13-14-20-23-33-43-39(7,8)34-42-32-24-28-35(26-12-10-2)27-21-18-16-15-17-19-22-29-36(41)44-40-37(3,4)30-25-31-38(40,5)6/h35H,9-34H2,1-8H3. The summed E-state index contributed by atoms with van der Waals surface area (Å²) in [6.45, 7) is 20.1. The minimum Gasteiger partial charge on any atom is -0.378 e. The van der Waals surface area contributed by atoms with Gasteiger partial charge in [0.1, 0.15) is 0 Å². The van der Waals surface area contributed by atoms with Gasteiger partial charge in [-0.1, -0.05) is 110 Å². The molecule has 0 aromatic rings. The lowest BCUT2D eigenvalue weighted by Crippen LogP contribution is -2.58. The number of hydrogen-bond donors (Lipinski definition) is 0. The maximum Gasteiger partial charge on any atom is 0.325 e. The summed E-state index contributed by atoms with van der Waals surface area (Å²) >= 11 is 0. The summed E-state index contributed by atoms with van der Waals surface area (Å²) in [5, 5.41) is 1.99. The van der Waals surface area contributed by atoms with Crippen LogP contribution >= 0.6 is 0 Å². The zero-order chi connectivity index (χ0) is 32.7. The van der Waals surface area contributed by atoms with Crippen LogP contribution in [0.1, 0.15) is 203 Å². The molecule has 0 aromatic carbocycles. The molecule has 1 aliphatic heterocycles. The van der Waals surface area contributed by atoms with Crippen molar-refractivity contribution in [1.29, 1.82) is 0 Å². The fourth-order valence-corrected chi connectivity index (χ4v) is 6.95. The van der Waals surface area contributed by atoms with Gasteiger partial charge in [0.15, 0.2) is 0 Å². The van der Waals surface area contributed by atoms with Gasteiger partial charge in [0.25, 0.3) is 0 Å². The van der Waals surface area contributed by atoms with Crippen molar-refractivity contribution in [2.24, 2.45) is 5.92 Å². The van der Waals surface area contributed by atoms with E-state index < -0.39 is 0 Å². The molecule has 0 spiro atoms. The summed E-state index contributed by atoms with van der Waals surface area (Å²) in [5.41, 5.74) is -0.352. The molecule has 1 saturated heterocycles. The van der Waals surface area contributed by atoms with Gasteiger partial charge in [-0.25, -0.2) is 0 Å². The van der Waals surface area contributed by atoms with Crippen LogP contribution in [0.5, 0.6) is 0 Å². The first-order valence-electron chi connectivity index (χ1n) is 19.2. The van der Waals surface area contributed by atoms with Crippen molar-refractivity contribution in [3.63, 3.8) is 0 Å². The van der Waals surface area contributed by atoms with Gasteiger partial charge >= 0.3 is 5.97 Å². The second-order valence-corrected chi connectivity index (χ2v) is 15.8. The fraction of sp³-hybridized carbons (Fsp3) is 0.974. The number of piperidine rings is 1. The van der Waals surface area contributed by atoms with Crippen LogP contribution in [0.25, 0.3) is 0 Å². The van der Waals surface area contributed by atoms with Crippen LogP contribution in [-0.2, 0) is 19.1 Å². The number of ether oxygens (including phenoxy) is 2. The van der Waals surface area contributed by atoms with Gasteiger partial charge in [-0.05, 0) is 92.4 Å². The molecule has 44 heavy (non-hydrogen) atoms. The van der Waals surface area contributed by atoms with Gasteiger partial charge in [-0.3, -0.25) is 4.79 Å². The van der Waals surface area contributed by atoms with Crippen molar-refractivity contribution in [1.82, 2.24) is 5.06 Å². The molecule has 0 aromatic heterocycles. The lowest BCUT2D eigenvalue weighted by molar-refractivity contribution is -0.265. The number of rotatable bonds is 28. The minimum atomic E-state index is -0.185. The molecule has 0 bridgehead atoms. The van der Waals surface area contributed by atoms with Crippen LogP contribution in [0.15, 0.2) is 0 Å². The number of unbranched alkanes of at least 4 members (excludes halogenated alkanes) is 12. The van der Waals surface area contributed by atoms with Gasteiger partial charge in [-0.2, -0.15) is 0 Å². The molecule has 262 valence electrons. The zero-order valence-electron chi connectivity index (χ0n) is 31.0. The number of hydrogen-bond acceptors (Lipinski definition) is 5. The summed E-state index contributed by atoms with van der Waals surface area (Å²) in [4.78, 5) is 18.5. The summed E-state index contributed by atoms with van der Waals surface area (Å²) in [7, 11) is 0. The van der Waals surface area contributed by atoms with E-state index in [1.54, 1.807) is 0 Å². The van der Waals surface area contributed by atoms with Crippen LogP contribution in [0.4, 0.5) is 0 Å². The Labute approximate surface area is 275 Å². The molecule has 0 aliphatic carbocycles. The number of nitrogens with zero attached hydrogens (tertiary/aromatic N) is 1. The SMILES string of the molecule is CCCCCCCCOC(C)(C)COCCCC(CCCC)CCCCCCCCCC(=O)ON1C(C)(C)CCCC1(C)C. The maximum absolute atomic E-state index is 12.6. The van der Waals surface area contributed by atoms with E-state index in [1.807, 2.05) is 5.06 Å². The van der Waals surface area contributed by atoms with Crippen molar-refractivity contribution in [2.45, 2.75) is 220 Å². The first kappa shape index (κ1) is 41.4. The average molecular weight is 624 g/mol. The fourth-order valence-electron chi connectivity index (χ4n) is 6.95. The number of carbonyl (C=O) groups excluding carboxylic acids is 1. The summed E-state index contributed by atoms with van der Waals surface area (Å²) < 4.78 is 12.2. The second kappa shape index (κ2) is 23.6. The maximum atomic E-state index is 12.6. The number of hydroxylamine groups is 2. The van der Waals surface area contributed by atoms with E-state index in [0.717, 1.165) is 51.2 Å². The predicted octanol–water partition coefficient (Wildman–Crippen LogP) is 11.8. The Bertz CT molecular complexity index is 688. The monoisotopic (exact) mass is 624 g/mol. The highest BCUT2D eigenvalue weighted by Crippen LogP contribution is 2.38. The molecule has 5 heteroatoms. The van der Waals surface area contributed by atoms with Crippen molar-refractivity contribution in [3.8, 4) is 0 Å². The Hall–Kier alpha value is -0.650. The van der Waals surface area contributed by atoms with Crippen molar-refractivity contribution < 1.29 is 19.1 Å². The first-order chi connectivity index (χ1) is 20.9. The van der Waals surface area contributed by atoms with Gasteiger partial charge in [0, 0.05) is 19.6 Å². The van der Waals surface area contributed by atoms with Crippen LogP contribution in [0, 0.1) is 5.92 Å². The van der Waals surface area contributed by atoms with Crippen LogP contribution in [0.3, 0.4) is 0 Å². The van der Waals surface area contributed by atoms with E-state index in [4.69, 9.17) is 14.3 Å². The van der Waals surface area contributed by atoms with Crippen molar-refractivity contribution in [3.05, 3.63) is 0 Å². The highest BCUT2D eigenvalue weighted by atomic mass is 16.7. The van der Waals surface area contributed by atoms with E-state index in [9.17, 15) is 4.79 Å². The summed E-state index contributed by atoms with van der Waals surface area (Å²) in [5.74, 6) is 0.786. The van der Waals surface area contributed by atoms with Gasteiger partial charge in [0.05, 0.1) is 23.3 Å². The normalized spacial score (nSPS) is 17.5. The Morgan fingerprint density at radius 1 is 0.682 bits per heavy atom. The van der Waals surface area contributed by atoms with Crippen LogP contribution < -0.4 is 0 Å². The molecule has 5 nitrogen and oxygen atoms in total. The van der Waals surface area contributed by atoms with Gasteiger partial charge in [-0.15, -0.1) is 5.06 Å². The van der Waals surface area contributed by atoms with E-state index in [-0.39, 0.29) is 22.6 Å². The Morgan fingerprint density at radius 3 is 1.84 bits per heavy atom. The lowest BCUT2D eigenvalue weighted by atomic mass is 9.82. The third-order valence-electron chi connectivity index (χ3n) is 9.67. The van der Waals surface area contributed by atoms with E-state index in [1.165, 1.54) is 109 Å². The van der Waals surface area contributed by atoms with Crippen molar-refractivity contribution >= 4 is 5.97 Å². The minimum absolute atomic E-state index is 0.0582. The van der Waals surface area contributed by atoms with Crippen LogP contribution in [0.2, 0.25) is 0 Å². The van der Waals surface area contributed by atoms with Crippen LogP contribution in [-0.4, -0.2) is 47.5 Å². The lowest BCUT2D eigenvalue weighted by Gasteiger charge is -2.50. The molecule has 1 fully saturated rings. The summed E-state index contributed by atoms with van der Waals surface area (Å²) in [6, 6.07) is 0. The van der Waals surface area contributed by atoms with E-state index in [0.29, 0.717) is 13.0 Å². The molecule has 1 aliphatic rings. The Balaban J connectivity index is 2.10. The number of carbonyl (C=O) groups is 1. The van der Waals surface area contributed by atoms with Gasteiger partial charge in [0.2, 0.25) is 0 Å². The highest BCUT2D eigenvalue weighted by molar-refractivity contribution is 5.69. The smallest absolute Gasteiger partial charge is 0.325 e. The second-order valence-electron chi connectivity index (χ2n) is 15.8. The third-order valence-corrected chi connectivity index (χ3v) is 9.67. The molecule has 0 saturated carbocycles. The zero-order valence-corrected chi connectivity index (χ0v) is 31.0. The van der Waals surface area contributed by atoms with E-state index >= 15 is 0 Å². The molecular weight excluding hydrogens is 546 g/mol. The Morgan fingerprint density at radius 2 is 1.20 bits per heavy atom. The molecule has 1 unspecified atom stereocenters. The summed E-state index contributed by atoms with van der Waals surface area (Å²) in [6.07, 6.45) is 28.1. The first-order valence-corrected chi connectivity index (χ1v) is 19.2.